The summed E-state index contributed by atoms with van der Waals surface area (Å²) in [5.41, 5.74) is 0.180. The van der Waals surface area contributed by atoms with Crippen molar-refractivity contribution in [1.29, 1.82) is 10.5 Å². The number of carbonyl (C=O) groups is 1. The summed E-state index contributed by atoms with van der Waals surface area (Å²) in [6.45, 7) is -0.164. The van der Waals surface area contributed by atoms with Crippen LogP contribution in [0.2, 0.25) is 0 Å². The van der Waals surface area contributed by atoms with E-state index in [0.29, 0.717) is 0 Å². The molecule has 0 atom stereocenters. The molecule has 0 fully saturated rings. The second kappa shape index (κ2) is 7.10. The highest BCUT2D eigenvalue weighted by atomic mass is 19.1. The molecule has 0 radical (unpaired) electrons. The van der Waals surface area contributed by atoms with E-state index in [-0.39, 0.29) is 36.7 Å². The Balaban J connectivity index is 2.80. The summed E-state index contributed by atoms with van der Waals surface area (Å²) < 4.78 is 18.2. The number of nitriles is 2. The molecule has 98 valence electrons. The van der Waals surface area contributed by atoms with Crippen LogP contribution in [0.5, 0.6) is 5.75 Å². The van der Waals surface area contributed by atoms with Crippen LogP contribution < -0.4 is 4.74 Å². The molecule has 0 heterocycles. The van der Waals surface area contributed by atoms with Gasteiger partial charge < -0.3 is 4.74 Å². The first-order chi connectivity index (χ1) is 9.12. The summed E-state index contributed by atoms with van der Waals surface area (Å²) in [5.74, 6) is -0.921. The Morgan fingerprint density at radius 1 is 1.37 bits per heavy atom. The van der Waals surface area contributed by atoms with E-state index in [0.717, 1.165) is 6.07 Å². The summed E-state index contributed by atoms with van der Waals surface area (Å²) in [5, 5.41) is 17.1. The molecule has 0 bridgehead atoms. The first-order valence-electron chi connectivity index (χ1n) is 5.45. The van der Waals surface area contributed by atoms with Crippen LogP contribution in [-0.2, 0) is 0 Å². The molecule has 0 aliphatic rings. The lowest BCUT2D eigenvalue weighted by atomic mass is 10.1. The molecule has 0 N–H and O–H groups in total. The molecule has 0 unspecified atom stereocenters. The normalized spacial score (nSPS) is 9.74. The van der Waals surface area contributed by atoms with Crippen LogP contribution in [-0.4, -0.2) is 37.4 Å². The number of halogens is 1. The predicted molar refractivity (Wildman–Crippen MR) is 64.9 cm³/mol. The Morgan fingerprint density at radius 2 is 2.00 bits per heavy atom. The van der Waals surface area contributed by atoms with Crippen molar-refractivity contribution >= 4 is 5.78 Å². The Hall–Kier alpha value is -2.44. The molecular formula is C13H12FN3O2. The predicted octanol–water partition coefficient (Wildman–Crippen LogP) is 1.37. The smallest absolute Gasteiger partial charge is 0.176 e. The number of benzene rings is 1. The number of rotatable bonds is 6. The molecular weight excluding hydrogens is 249 g/mol. The number of carbonyl (C=O) groups excluding carboxylic acids is 1. The molecule has 0 saturated carbocycles. The molecule has 0 aliphatic carbocycles. The lowest BCUT2D eigenvalue weighted by Gasteiger charge is -2.14. The highest BCUT2D eigenvalue weighted by molar-refractivity contribution is 5.97. The van der Waals surface area contributed by atoms with Gasteiger partial charge in [0.2, 0.25) is 0 Å². The number of Topliss-reactive ketones (excluding diaryl/α,β-unsaturated/α-hetero) is 1. The SMILES string of the molecule is COc1ccc(C(=O)CN(CC#N)CC#N)cc1F. The molecule has 0 amide bonds. The van der Waals surface area contributed by atoms with E-state index in [9.17, 15) is 9.18 Å². The monoisotopic (exact) mass is 261 g/mol. The number of nitrogens with zero attached hydrogens (tertiary/aromatic N) is 3. The van der Waals surface area contributed by atoms with Gasteiger partial charge in [0.1, 0.15) is 0 Å². The molecule has 1 aromatic rings. The summed E-state index contributed by atoms with van der Waals surface area (Å²) in [7, 11) is 1.33. The maximum absolute atomic E-state index is 13.4. The topological polar surface area (TPSA) is 77.1 Å². The number of hydrogen-bond acceptors (Lipinski definition) is 5. The average Bonchev–Trinajstić information content (AvgIpc) is 2.39. The van der Waals surface area contributed by atoms with Crippen molar-refractivity contribution in [2.45, 2.75) is 0 Å². The van der Waals surface area contributed by atoms with Crippen LogP contribution in [0.25, 0.3) is 0 Å². The summed E-state index contributed by atoms with van der Waals surface area (Å²) >= 11 is 0. The van der Waals surface area contributed by atoms with Crippen molar-refractivity contribution in [3.8, 4) is 17.9 Å². The zero-order valence-electron chi connectivity index (χ0n) is 10.4. The van der Waals surface area contributed by atoms with Crippen molar-refractivity contribution in [3.63, 3.8) is 0 Å². The number of ketones is 1. The maximum atomic E-state index is 13.4. The molecule has 19 heavy (non-hydrogen) atoms. The third-order valence-electron chi connectivity index (χ3n) is 2.43. The van der Waals surface area contributed by atoms with Crippen LogP contribution >= 0.6 is 0 Å². The maximum Gasteiger partial charge on any atom is 0.176 e. The van der Waals surface area contributed by atoms with Gasteiger partial charge >= 0.3 is 0 Å². The van der Waals surface area contributed by atoms with Crippen LogP contribution in [0.3, 0.4) is 0 Å². The third-order valence-corrected chi connectivity index (χ3v) is 2.43. The van der Waals surface area contributed by atoms with Crippen molar-refractivity contribution in [3.05, 3.63) is 29.6 Å². The lowest BCUT2D eigenvalue weighted by Crippen LogP contribution is -2.30. The Bertz CT molecular complexity index is 530. The van der Waals surface area contributed by atoms with Gasteiger partial charge in [-0.1, -0.05) is 0 Å². The third kappa shape index (κ3) is 4.06. The van der Waals surface area contributed by atoms with E-state index in [1.165, 1.54) is 24.1 Å². The molecule has 1 aromatic carbocycles. The highest BCUT2D eigenvalue weighted by Gasteiger charge is 2.14. The first-order valence-corrected chi connectivity index (χ1v) is 5.45. The zero-order valence-corrected chi connectivity index (χ0v) is 10.4. The van der Waals surface area contributed by atoms with Crippen LogP contribution in [0.4, 0.5) is 4.39 Å². The zero-order chi connectivity index (χ0) is 14.3. The van der Waals surface area contributed by atoms with Gasteiger partial charge in [0.05, 0.1) is 38.9 Å². The van der Waals surface area contributed by atoms with E-state index in [1.807, 2.05) is 12.1 Å². The van der Waals surface area contributed by atoms with Gasteiger partial charge in [-0.15, -0.1) is 0 Å². The molecule has 0 aliphatic heterocycles. The van der Waals surface area contributed by atoms with Crippen LogP contribution in [0, 0.1) is 28.5 Å². The summed E-state index contributed by atoms with van der Waals surface area (Å²) in [6.07, 6.45) is 0. The summed E-state index contributed by atoms with van der Waals surface area (Å²) in [4.78, 5) is 13.3. The minimum absolute atomic E-state index is 0.0298. The Labute approximate surface area is 110 Å². The van der Waals surface area contributed by atoms with Gasteiger partial charge in [0.25, 0.3) is 0 Å². The van der Waals surface area contributed by atoms with Crippen molar-refractivity contribution in [2.75, 3.05) is 26.7 Å². The van der Waals surface area contributed by atoms with Gasteiger partial charge in [-0.3, -0.25) is 9.69 Å². The highest BCUT2D eigenvalue weighted by Crippen LogP contribution is 2.18. The van der Waals surface area contributed by atoms with Crippen molar-refractivity contribution < 1.29 is 13.9 Å². The number of methoxy groups -OCH3 is 1. The van der Waals surface area contributed by atoms with Gasteiger partial charge in [-0.25, -0.2) is 4.39 Å². The number of hydrogen-bond donors (Lipinski definition) is 0. The lowest BCUT2D eigenvalue weighted by molar-refractivity contribution is 0.0946. The Morgan fingerprint density at radius 3 is 2.47 bits per heavy atom. The molecule has 1 rings (SSSR count). The Kier molecular flexibility index (Phi) is 5.46. The van der Waals surface area contributed by atoms with Crippen LogP contribution in [0.1, 0.15) is 10.4 Å². The molecule has 0 aromatic heterocycles. The average molecular weight is 261 g/mol. The largest absolute Gasteiger partial charge is 0.494 e. The van der Waals surface area contributed by atoms with Gasteiger partial charge in [-0.2, -0.15) is 10.5 Å². The first kappa shape index (κ1) is 14.6. The summed E-state index contributed by atoms with van der Waals surface area (Å²) in [6, 6.07) is 7.62. The second-order valence-electron chi connectivity index (χ2n) is 3.73. The van der Waals surface area contributed by atoms with Gasteiger partial charge in [0, 0.05) is 5.56 Å². The fourth-order valence-electron chi connectivity index (χ4n) is 1.50. The molecule has 0 spiro atoms. The van der Waals surface area contributed by atoms with E-state index < -0.39 is 5.82 Å². The molecule has 0 saturated heterocycles. The van der Waals surface area contributed by atoms with E-state index in [2.05, 4.69) is 0 Å². The standard InChI is InChI=1S/C13H12FN3O2/c1-19-13-3-2-10(8-11(13)14)12(18)9-17(6-4-15)7-5-16/h2-3,8H,6-7,9H2,1H3. The van der Waals surface area contributed by atoms with E-state index in [1.54, 1.807) is 0 Å². The fraction of sp³-hybridized carbons (Fsp3) is 0.308. The van der Waals surface area contributed by atoms with Gasteiger partial charge in [0.15, 0.2) is 17.3 Å². The quantitative estimate of drug-likeness (QED) is 0.571. The minimum atomic E-state index is -0.625. The molecule has 5 nitrogen and oxygen atoms in total. The van der Waals surface area contributed by atoms with Gasteiger partial charge in [-0.05, 0) is 18.2 Å². The fourth-order valence-corrected chi connectivity index (χ4v) is 1.50. The molecule has 6 heteroatoms. The van der Waals surface area contributed by atoms with E-state index >= 15 is 0 Å². The second-order valence-corrected chi connectivity index (χ2v) is 3.73. The van der Waals surface area contributed by atoms with Crippen LogP contribution in [0.15, 0.2) is 18.2 Å². The number of ether oxygens (including phenoxy) is 1. The minimum Gasteiger partial charge on any atom is -0.494 e. The van der Waals surface area contributed by atoms with Crippen molar-refractivity contribution in [1.82, 2.24) is 4.90 Å². The van der Waals surface area contributed by atoms with Crippen molar-refractivity contribution in [2.24, 2.45) is 0 Å². The van der Waals surface area contributed by atoms with E-state index in [4.69, 9.17) is 15.3 Å².